The first kappa shape index (κ1) is 13.1. The van der Waals surface area contributed by atoms with E-state index in [-0.39, 0.29) is 0 Å². The van der Waals surface area contributed by atoms with E-state index in [1.54, 1.807) is 12.4 Å². The van der Waals surface area contributed by atoms with Gasteiger partial charge in [-0.1, -0.05) is 0 Å². The van der Waals surface area contributed by atoms with Crippen molar-refractivity contribution in [3.63, 3.8) is 0 Å². The predicted octanol–water partition coefficient (Wildman–Crippen LogP) is 0.691. The fraction of sp³-hybridized carbons (Fsp3) is 0.583. The van der Waals surface area contributed by atoms with Crippen LogP contribution >= 0.6 is 11.8 Å². The minimum absolute atomic E-state index is 0.664. The average molecular weight is 265 g/mol. The zero-order valence-corrected chi connectivity index (χ0v) is 11.5. The number of guanidine groups is 1. The monoisotopic (exact) mass is 265 g/mol. The summed E-state index contributed by atoms with van der Waals surface area (Å²) in [7, 11) is 0. The fourth-order valence-electron chi connectivity index (χ4n) is 1.85. The molecule has 1 fully saturated rings. The molecule has 5 nitrogen and oxygen atoms in total. The molecular formula is C12H19N5S. The molecule has 0 aromatic carbocycles. The molecule has 6 heteroatoms. The molecule has 2 heterocycles. The fourth-order valence-corrected chi connectivity index (χ4v) is 2.75. The van der Waals surface area contributed by atoms with Crippen molar-refractivity contribution in [1.82, 2.24) is 14.9 Å². The van der Waals surface area contributed by atoms with Gasteiger partial charge in [-0.3, -0.25) is 15.0 Å². The Morgan fingerprint density at radius 1 is 1.39 bits per heavy atom. The number of aryl methyl sites for hydroxylation is 1. The third-order valence-electron chi connectivity index (χ3n) is 2.94. The average Bonchev–Trinajstić information content (AvgIpc) is 2.42. The van der Waals surface area contributed by atoms with E-state index >= 15 is 0 Å². The molecule has 0 unspecified atom stereocenters. The Morgan fingerprint density at radius 3 is 2.83 bits per heavy atom. The van der Waals surface area contributed by atoms with Gasteiger partial charge in [0.2, 0.25) is 0 Å². The van der Waals surface area contributed by atoms with Crippen molar-refractivity contribution in [3.05, 3.63) is 23.8 Å². The van der Waals surface area contributed by atoms with E-state index in [4.69, 9.17) is 5.73 Å². The summed E-state index contributed by atoms with van der Waals surface area (Å²) in [6.45, 7) is 4.65. The number of aromatic nitrogens is 2. The number of hydrogen-bond acceptors (Lipinski definition) is 4. The Morgan fingerprint density at radius 2 is 2.11 bits per heavy atom. The summed E-state index contributed by atoms with van der Waals surface area (Å²) in [6.07, 6.45) is 4.22. The number of aliphatic imine (C=N–C) groups is 1. The van der Waals surface area contributed by atoms with Crippen molar-refractivity contribution in [2.24, 2.45) is 10.7 Å². The molecule has 18 heavy (non-hydrogen) atoms. The second-order valence-corrected chi connectivity index (χ2v) is 5.40. The molecule has 1 aromatic heterocycles. The summed E-state index contributed by atoms with van der Waals surface area (Å²) < 4.78 is 0. The van der Waals surface area contributed by atoms with Gasteiger partial charge in [-0.25, -0.2) is 0 Å². The number of nitrogens with zero attached hydrogens (tertiary/aromatic N) is 4. The molecule has 1 aliphatic heterocycles. The molecule has 1 aromatic rings. The van der Waals surface area contributed by atoms with Crippen molar-refractivity contribution in [2.45, 2.75) is 13.3 Å². The van der Waals surface area contributed by atoms with Crippen LogP contribution in [0.5, 0.6) is 0 Å². The minimum atomic E-state index is 0.664. The molecule has 0 bridgehead atoms. The first-order chi connectivity index (χ1) is 8.77. The third kappa shape index (κ3) is 3.60. The Hall–Kier alpha value is -1.30. The van der Waals surface area contributed by atoms with Gasteiger partial charge in [0.15, 0.2) is 5.96 Å². The minimum Gasteiger partial charge on any atom is -0.370 e. The number of thioether (sulfide) groups is 1. The van der Waals surface area contributed by atoms with E-state index in [2.05, 4.69) is 19.9 Å². The summed E-state index contributed by atoms with van der Waals surface area (Å²) in [5, 5.41) is 0. The van der Waals surface area contributed by atoms with Crippen LogP contribution in [-0.2, 0) is 6.42 Å². The van der Waals surface area contributed by atoms with E-state index in [1.165, 1.54) is 0 Å². The maximum Gasteiger partial charge on any atom is 0.191 e. The van der Waals surface area contributed by atoms with Crippen molar-refractivity contribution in [1.29, 1.82) is 0 Å². The molecular weight excluding hydrogens is 246 g/mol. The Balaban J connectivity index is 1.85. The molecule has 0 atom stereocenters. The van der Waals surface area contributed by atoms with Gasteiger partial charge in [0.1, 0.15) is 0 Å². The van der Waals surface area contributed by atoms with Crippen molar-refractivity contribution in [2.75, 3.05) is 31.1 Å². The molecule has 0 amide bonds. The Labute approximate surface area is 112 Å². The number of hydrogen-bond donors (Lipinski definition) is 1. The smallest absolute Gasteiger partial charge is 0.191 e. The molecule has 98 valence electrons. The van der Waals surface area contributed by atoms with E-state index in [9.17, 15) is 0 Å². The van der Waals surface area contributed by atoms with Crippen LogP contribution in [0.15, 0.2) is 17.4 Å². The zero-order chi connectivity index (χ0) is 12.8. The SMILES string of the molecule is Cc1nccnc1CCN=C(N)N1CCSCC1. The maximum absolute atomic E-state index is 5.98. The third-order valence-corrected chi connectivity index (χ3v) is 3.88. The molecule has 0 aliphatic carbocycles. The van der Waals surface area contributed by atoms with E-state index in [1.807, 2.05) is 18.7 Å². The quantitative estimate of drug-likeness (QED) is 0.643. The second-order valence-electron chi connectivity index (χ2n) is 4.18. The highest BCUT2D eigenvalue weighted by Gasteiger charge is 2.11. The molecule has 2 rings (SSSR count). The molecule has 1 saturated heterocycles. The van der Waals surface area contributed by atoms with Gasteiger partial charge in [0, 0.05) is 50.0 Å². The summed E-state index contributed by atoms with van der Waals surface area (Å²) >= 11 is 1.97. The lowest BCUT2D eigenvalue weighted by Gasteiger charge is -2.27. The van der Waals surface area contributed by atoms with Crippen molar-refractivity contribution >= 4 is 17.7 Å². The lowest BCUT2D eigenvalue weighted by molar-refractivity contribution is 0.456. The maximum atomic E-state index is 5.98. The van der Waals surface area contributed by atoms with Crippen molar-refractivity contribution in [3.8, 4) is 0 Å². The van der Waals surface area contributed by atoms with Crippen LogP contribution in [0.2, 0.25) is 0 Å². The lowest BCUT2D eigenvalue weighted by Crippen LogP contribution is -2.42. The van der Waals surface area contributed by atoms with Crippen LogP contribution < -0.4 is 5.73 Å². The van der Waals surface area contributed by atoms with Crippen molar-refractivity contribution < 1.29 is 0 Å². The molecule has 0 saturated carbocycles. The first-order valence-electron chi connectivity index (χ1n) is 6.16. The van der Waals surface area contributed by atoms with Crippen LogP contribution in [0.4, 0.5) is 0 Å². The van der Waals surface area contributed by atoms with Gasteiger partial charge < -0.3 is 10.6 Å². The van der Waals surface area contributed by atoms with E-state index in [0.717, 1.165) is 42.4 Å². The summed E-state index contributed by atoms with van der Waals surface area (Å²) in [6, 6.07) is 0. The van der Waals surface area contributed by atoms with Gasteiger partial charge in [-0.2, -0.15) is 11.8 Å². The standard InChI is InChI=1S/C12H19N5S/c1-10-11(15-5-4-14-10)2-3-16-12(13)17-6-8-18-9-7-17/h4-5H,2-3,6-9H2,1H3,(H2,13,16). The second kappa shape index (κ2) is 6.58. The Bertz CT molecular complexity index is 415. The van der Waals surface area contributed by atoms with Crippen LogP contribution in [0.25, 0.3) is 0 Å². The summed E-state index contributed by atoms with van der Waals surface area (Å²) in [4.78, 5) is 15.1. The highest BCUT2D eigenvalue weighted by molar-refractivity contribution is 7.99. The molecule has 1 aliphatic rings. The van der Waals surface area contributed by atoms with Crippen LogP contribution in [0, 0.1) is 6.92 Å². The Kier molecular flexibility index (Phi) is 4.81. The molecule has 0 spiro atoms. The normalized spacial score (nSPS) is 16.9. The molecule has 2 N–H and O–H groups in total. The summed E-state index contributed by atoms with van der Waals surface area (Å²) in [5.74, 6) is 2.94. The zero-order valence-electron chi connectivity index (χ0n) is 10.7. The van der Waals surface area contributed by atoms with Crippen LogP contribution in [-0.4, -0.2) is 52.0 Å². The first-order valence-corrected chi connectivity index (χ1v) is 7.32. The van der Waals surface area contributed by atoms with Gasteiger partial charge in [0.25, 0.3) is 0 Å². The highest BCUT2D eigenvalue weighted by atomic mass is 32.2. The van der Waals surface area contributed by atoms with Gasteiger partial charge in [0.05, 0.1) is 11.4 Å². The van der Waals surface area contributed by atoms with E-state index in [0.29, 0.717) is 12.5 Å². The summed E-state index contributed by atoms with van der Waals surface area (Å²) in [5.41, 5.74) is 7.96. The number of rotatable bonds is 3. The topological polar surface area (TPSA) is 67.4 Å². The van der Waals surface area contributed by atoms with Crippen LogP contribution in [0.3, 0.4) is 0 Å². The molecule has 0 radical (unpaired) electrons. The largest absolute Gasteiger partial charge is 0.370 e. The lowest BCUT2D eigenvalue weighted by atomic mass is 10.2. The highest BCUT2D eigenvalue weighted by Crippen LogP contribution is 2.08. The number of nitrogens with two attached hydrogens (primary N) is 1. The van der Waals surface area contributed by atoms with Crippen LogP contribution in [0.1, 0.15) is 11.4 Å². The van der Waals surface area contributed by atoms with Gasteiger partial charge in [-0.15, -0.1) is 0 Å². The van der Waals surface area contributed by atoms with Gasteiger partial charge >= 0.3 is 0 Å². The van der Waals surface area contributed by atoms with Gasteiger partial charge in [-0.05, 0) is 6.92 Å². The van der Waals surface area contributed by atoms with E-state index < -0.39 is 0 Å². The predicted molar refractivity (Wildman–Crippen MR) is 75.9 cm³/mol.